The number of nitrogens with one attached hydrogen (secondary N) is 2. The summed E-state index contributed by atoms with van der Waals surface area (Å²) >= 11 is 0. The molecule has 3 N–H and O–H groups in total. The minimum absolute atomic E-state index is 0.130. The van der Waals surface area contributed by atoms with E-state index in [0.29, 0.717) is 24.1 Å². The van der Waals surface area contributed by atoms with Gasteiger partial charge in [0.15, 0.2) is 12.1 Å². The van der Waals surface area contributed by atoms with Crippen molar-refractivity contribution in [1.29, 1.82) is 0 Å². The molecule has 0 bridgehead atoms. The van der Waals surface area contributed by atoms with Crippen LogP contribution in [0, 0.1) is 0 Å². The number of carboxylic acid groups (broad SMARTS) is 1. The molecule has 1 fully saturated rings. The predicted molar refractivity (Wildman–Crippen MR) is 137 cm³/mol. The van der Waals surface area contributed by atoms with Crippen LogP contribution < -0.4 is 15.4 Å². The highest BCUT2D eigenvalue weighted by atomic mass is 19.4. The zero-order valence-corrected chi connectivity index (χ0v) is 21.7. The van der Waals surface area contributed by atoms with E-state index >= 15 is 0 Å². The van der Waals surface area contributed by atoms with Crippen molar-refractivity contribution < 1.29 is 46.9 Å². The first-order chi connectivity index (χ1) is 19.5. The Balaban J connectivity index is 1.48. The van der Waals surface area contributed by atoms with Gasteiger partial charge in [0.1, 0.15) is 5.75 Å². The average Bonchev–Trinajstić information content (AvgIpc) is 3.41. The van der Waals surface area contributed by atoms with Gasteiger partial charge in [0, 0.05) is 18.2 Å². The molecule has 4 rings (SSSR count). The number of carbonyl (C=O) groups is 3. The van der Waals surface area contributed by atoms with Gasteiger partial charge in [-0.05, 0) is 37.5 Å². The maximum Gasteiger partial charge on any atom is 0.420 e. The average molecular weight is 578 g/mol. The summed E-state index contributed by atoms with van der Waals surface area (Å²) in [5.41, 5.74) is -0.918. The Morgan fingerprint density at radius 3 is 2.61 bits per heavy atom. The molecule has 218 valence electrons. The highest BCUT2D eigenvalue weighted by molar-refractivity contribution is 6.12. The number of alkyl halides is 3. The SMILES string of the molecule is COc1cc(NC(=O)O)c(NC(=O)CC(=O)c2cccc(-n3nncc3COC3CCCCO3)c2)cc1C(F)(F)F. The molecular weight excluding hydrogens is 551 g/mol. The van der Waals surface area contributed by atoms with Crippen molar-refractivity contribution >= 4 is 29.2 Å². The van der Waals surface area contributed by atoms with Crippen LogP contribution in [0.1, 0.15) is 47.3 Å². The second-order valence-corrected chi connectivity index (χ2v) is 8.97. The van der Waals surface area contributed by atoms with Gasteiger partial charge < -0.3 is 24.6 Å². The van der Waals surface area contributed by atoms with Crippen LogP contribution in [-0.2, 0) is 27.1 Å². The number of ketones is 1. The first-order valence-corrected chi connectivity index (χ1v) is 12.4. The number of Topliss-reactive ketones (excluding diaryl/α,β-unsaturated/α-hetero) is 1. The van der Waals surface area contributed by atoms with Gasteiger partial charge >= 0.3 is 12.3 Å². The number of rotatable bonds is 10. The number of ether oxygens (including phenoxy) is 3. The maximum atomic E-state index is 13.5. The van der Waals surface area contributed by atoms with E-state index in [0.717, 1.165) is 32.4 Å². The van der Waals surface area contributed by atoms with Gasteiger partial charge in [-0.15, -0.1) is 5.10 Å². The summed E-state index contributed by atoms with van der Waals surface area (Å²) < 4.78 is 58.0. The van der Waals surface area contributed by atoms with Crippen LogP contribution >= 0.6 is 0 Å². The number of nitrogens with zero attached hydrogens (tertiary/aromatic N) is 3. The van der Waals surface area contributed by atoms with E-state index in [1.54, 1.807) is 12.1 Å². The van der Waals surface area contributed by atoms with Gasteiger partial charge in [-0.25, -0.2) is 9.48 Å². The maximum absolute atomic E-state index is 13.5. The minimum atomic E-state index is -4.86. The van der Waals surface area contributed by atoms with Gasteiger partial charge in [0.2, 0.25) is 5.91 Å². The highest BCUT2D eigenvalue weighted by Crippen LogP contribution is 2.41. The fourth-order valence-corrected chi connectivity index (χ4v) is 4.14. The zero-order chi connectivity index (χ0) is 29.6. The van der Waals surface area contributed by atoms with Crippen LogP contribution in [-0.4, -0.2) is 57.9 Å². The van der Waals surface area contributed by atoms with Crippen molar-refractivity contribution in [3.05, 3.63) is 59.4 Å². The fraction of sp³-hybridized carbons (Fsp3) is 0.346. The largest absolute Gasteiger partial charge is 0.496 e. The van der Waals surface area contributed by atoms with Crippen molar-refractivity contribution in [3.8, 4) is 11.4 Å². The molecule has 15 heteroatoms. The van der Waals surface area contributed by atoms with Gasteiger partial charge in [-0.2, -0.15) is 13.2 Å². The second-order valence-electron chi connectivity index (χ2n) is 8.97. The number of anilines is 2. The Morgan fingerprint density at radius 1 is 1.15 bits per heavy atom. The molecular formula is C26H26F3N5O7. The molecule has 0 saturated carbocycles. The van der Waals surface area contributed by atoms with Crippen LogP contribution in [0.4, 0.5) is 29.3 Å². The lowest BCUT2D eigenvalue weighted by Crippen LogP contribution is -2.22. The third-order valence-corrected chi connectivity index (χ3v) is 6.07. The van der Waals surface area contributed by atoms with E-state index in [4.69, 9.17) is 19.3 Å². The van der Waals surface area contributed by atoms with E-state index < -0.39 is 47.4 Å². The predicted octanol–water partition coefficient (Wildman–Crippen LogP) is 4.64. The molecule has 0 radical (unpaired) electrons. The molecule has 2 amide bonds. The number of halogens is 3. The molecule has 2 heterocycles. The molecule has 0 aliphatic carbocycles. The summed E-state index contributed by atoms with van der Waals surface area (Å²) in [6, 6.07) is 7.51. The Kier molecular flexibility index (Phi) is 9.19. The molecule has 1 saturated heterocycles. The van der Waals surface area contributed by atoms with Crippen molar-refractivity contribution in [1.82, 2.24) is 15.0 Å². The van der Waals surface area contributed by atoms with Crippen LogP contribution in [0.5, 0.6) is 5.75 Å². The Morgan fingerprint density at radius 2 is 1.93 bits per heavy atom. The molecule has 1 aliphatic rings. The Bertz CT molecular complexity index is 1420. The third kappa shape index (κ3) is 7.58. The zero-order valence-electron chi connectivity index (χ0n) is 21.7. The minimum Gasteiger partial charge on any atom is -0.496 e. The molecule has 3 aromatic rings. The summed E-state index contributed by atoms with van der Waals surface area (Å²) in [4.78, 5) is 36.8. The molecule has 1 aromatic heterocycles. The number of carbonyl (C=O) groups excluding carboxylic acids is 2. The highest BCUT2D eigenvalue weighted by Gasteiger charge is 2.36. The molecule has 1 unspecified atom stereocenters. The molecule has 2 aromatic carbocycles. The lowest BCUT2D eigenvalue weighted by atomic mass is 10.1. The number of hydrogen-bond donors (Lipinski definition) is 3. The van der Waals surface area contributed by atoms with E-state index in [-0.39, 0.29) is 24.1 Å². The van der Waals surface area contributed by atoms with Crippen molar-refractivity contribution in [2.24, 2.45) is 0 Å². The van der Waals surface area contributed by atoms with Crippen molar-refractivity contribution in [3.63, 3.8) is 0 Å². The first-order valence-electron chi connectivity index (χ1n) is 12.4. The summed E-state index contributed by atoms with van der Waals surface area (Å²) in [6.07, 6.45) is -3.26. The number of amides is 2. The quantitative estimate of drug-likeness (QED) is 0.231. The summed E-state index contributed by atoms with van der Waals surface area (Å²) in [7, 11) is 0.987. The lowest BCUT2D eigenvalue weighted by molar-refractivity contribution is -0.169. The number of methoxy groups -OCH3 is 1. The van der Waals surface area contributed by atoms with E-state index in [2.05, 4.69) is 15.6 Å². The molecule has 12 nitrogen and oxygen atoms in total. The Labute approximate surface area is 231 Å². The van der Waals surface area contributed by atoms with Gasteiger partial charge in [-0.3, -0.25) is 14.9 Å². The van der Waals surface area contributed by atoms with Gasteiger partial charge in [0.25, 0.3) is 0 Å². The molecule has 0 spiro atoms. The topological polar surface area (TPSA) is 154 Å². The molecule has 1 atom stereocenters. The molecule has 1 aliphatic heterocycles. The summed E-state index contributed by atoms with van der Waals surface area (Å²) in [5.74, 6) is -2.26. The summed E-state index contributed by atoms with van der Waals surface area (Å²) in [5, 5.41) is 21.1. The number of benzene rings is 2. The van der Waals surface area contributed by atoms with Crippen LogP contribution in [0.3, 0.4) is 0 Å². The monoisotopic (exact) mass is 577 g/mol. The van der Waals surface area contributed by atoms with Crippen molar-refractivity contribution in [2.45, 2.75) is 44.8 Å². The third-order valence-electron chi connectivity index (χ3n) is 6.07. The number of hydrogen-bond acceptors (Lipinski definition) is 8. The van der Waals surface area contributed by atoms with Crippen LogP contribution in [0.2, 0.25) is 0 Å². The smallest absolute Gasteiger partial charge is 0.420 e. The second kappa shape index (κ2) is 12.8. The Hall–Kier alpha value is -4.50. The van der Waals surface area contributed by atoms with Crippen molar-refractivity contribution in [2.75, 3.05) is 24.4 Å². The standard InChI is InChI=1S/C26H26F3N5O7/c1-39-22-11-20(32-25(37)38)19(10-18(22)26(27,28)29)31-23(36)12-21(35)15-5-4-6-16(9-15)34-17(13-30-33-34)14-41-24-7-2-3-8-40-24/h4-6,9-11,13,24,32H,2-3,7-8,12,14H2,1H3,(H,31,36)(H,37,38). The fourth-order valence-electron chi connectivity index (χ4n) is 4.14. The normalized spacial score (nSPS) is 15.3. The van der Waals surface area contributed by atoms with Gasteiger partial charge in [-0.1, -0.05) is 17.3 Å². The van der Waals surface area contributed by atoms with Crippen LogP contribution in [0.15, 0.2) is 42.6 Å². The van der Waals surface area contributed by atoms with Crippen LogP contribution in [0.25, 0.3) is 5.69 Å². The van der Waals surface area contributed by atoms with E-state index in [1.165, 1.54) is 23.0 Å². The lowest BCUT2D eigenvalue weighted by Gasteiger charge is -2.22. The molecule has 41 heavy (non-hydrogen) atoms. The number of aromatic nitrogens is 3. The first kappa shape index (κ1) is 29.5. The van der Waals surface area contributed by atoms with Gasteiger partial charge in [0.05, 0.1) is 54.7 Å². The van der Waals surface area contributed by atoms with E-state index in [9.17, 15) is 27.6 Å². The summed E-state index contributed by atoms with van der Waals surface area (Å²) in [6.45, 7) is 0.784. The van der Waals surface area contributed by atoms with E-state index in [1.807, 2.05) is 5.32 Å².